The minimum Gasteiger partial charge on any atom is -0.502 e. The quantitative estimate of drug-likeness (QED) is 0.834. The van der Waals surface area contributed by atoms with E-state index in [1.165, 1.54) is 0 Å². The fourth-order valence-corrected chi connectivity index (χ4v) is 2.80. The second-order valence-corrected chi connectivity index (χ2v) is 6.03. The van der Waals surface area contributed by atoms with E-state index >= 15 is 0 Å². The summed E-state index contributed by atoms with van der Waals surface area (Å²) < 4.78 is 5.10. The number of carbonyl (C=O) groups excluding carboxylic acids is 2. The van der Waals surface area contributed by atoms with Gasteiger partial charge in [-0.2, -0.15) is 0 Å². The summed E-state index contributed by atoms with van der Waals surface area (Å²) in [5, 5.41) is 10.6. The first-order valence-corrected chi connectivity index (χ1v) is 8.07. The summed E-state index contributed by atoms with van der Waals surface area (Å²) in [5.41, 5.74) is 1.43. The molecular weight excluding hydrogens is 342 g/mol. The Bertz CT molecular complexity index is 841. The Morgan fingerprint density at radius 1 is 1.00 bits per heavy atom. The maximum absolute atomic E-state index is 12.6. The Balaban J connectivity index is 1.75. The van der Waals surface area contributed by atoms with Gasteiger partial charge in [-0.25, -0.2) is 0 Å². The van der Waals surface area contributed by atoms with E-state index in [4.69, 9.17) is 16.3 Å². The number of imide groups is 1. The van der Waals surface area contributed by atoms with Crippen LogP contribution in [0.5, 0.6) is 5.75 Å². The number of ether oxygens (including phenoxy) is 1. The Hall–Kier alpha value is -2.79. The topological polar surface area (TPSA) is 66.8 Å². The summed E-state index contributed by atoms with van der Waals surface area (Å²) in [7, 11) is 1.59. The van der Waals surface area contributed by atoms with Gasteiger partial charge in [-0.05, 0) is 41.8 Å². The van der Waals surface area contributed by atoms with Gasteiger partial charge in [0, 0.05) is 11.6 Å². The van der Waals surface area contributed by atoms with Crippen LogP contribution in [0.2, 0.25) is 5.02 Å². The number of amides is 2. The number of aliphatic hydroxyl groups excluding tert-OH is 1. The smallest absolute Gasteiger partial charge is 0.296 e. The number of nitrogens with zero attached hydrogens (tertiary/aromatic N) is 1. The van der Waals surface area contributed by atoms with Crippen molar-refractivity contribution in [3.8, 4) is 5.75 Å². The molecule has 0 fully saturated rings. The first-order valence-electron chi connectivity index (χ1n) is 7.69. The number of carbonyl (C=O) groups is 2. The van der Waals surface area contributed by atoms with Crippen LogP contribution in [-0.4, -0.2) is 35.5 Å². The highest BCUT2D eigenvalue weighted by atomic mass is 35.5. The van der Waals surface area contributed by atoms with Crippen molar-refractivity contribution in [1.29, 1.82) is 0 Å². The van der Waals surface area contributed by atoms with Gasteiger partial charge >= 0.3 is 0 Å². The summed E-state index contributed by atoms with van der Waals surface area (Å²) in [5.74, 6) is -0.967. The van der Waals surface area contributed by atoms with E-state index in [2.05, 4.69) is 0 Å². The molecule has 0 unspecified atom stereocenters. The number of halogens is 1. The Labute approximate surface area is 150 Å². The number of rotatable bonds is 5. The zero-order valence-electron chi connectivity index (χ0n) is 13.5. The van der Waals surface area contributed by atoms with E-state index in [1.807, 2.05) is 24.3 Å². The molecule has 1 N–H and O–H groups in total. The van der Waals surface area contributed by atoms with Crippen LogP contribution in [-0.2, 0) is 16.0 Å². The lowest BCUT2D eigenvalue weighted by Crippen LogP contribution is -2.33. The molecule has 0 atom stereocenters. The van der Waals surface area contributed by atoms with E-state index in [9.17, 15) is 14.7 Å². The van der Waals surface area contributed by atoms with E-state index < -0.39 is 17.6 Å². The first-order chi connectivity index (χ1) is 12.0. The van der Waals surface area contributed by atoms with Crippen LogP contribution in [0.25, 0.3) is 5.57 Å². The van der Waals surface area contributed by atoms with Crippen LogP contribution in [0.15, 0.2) is 54.3 Å². The van der Waals surface area contributed by atoms with E-state index in [0.717, 1.165) is 16.2 Å². The lowest BCUT2D eigenvalue weighted by molar-refractivity contribution is -0.138. The molecule has 0 bridgehead atoms. The predicted molar refractivity (Wildman–Crippen MR) is 94.4 cm³/mol. The second kappa shape index (κ2) is 6.99. The molecule has 128 valence electrons. The standard InChI is InChI=1S/C19H16ClNO4/c1-25-15-8-2-12(3-9-15)10-11-21-18(23)16(17(22)19(21)24)13-4-6-14(20)7-5-13/h2-9,22H,10-11H2,1H3. The van der Waals surface area contributed by atoms with Crippen LogP contribution in [0.3, 0.4) is 0 Å². The van der Waals surface area contributed by atoms with Crippen molar-refractivity contribution in [2.75, 3.05) is 13.7 Å². The highest BCUT2D eigenvalue weighted by Gasteiger charge is 2.38. The van der Waals surface area contributed by atoms with Crippen molar-refractivity contribution in [3.63, 3.8) is 0 Å². The molecule has 0 radical (unpaired) electrons. The molecule has 1 aliphatic heterocycles. The predicted octanol–water partition coefficient (Wildman–Crippen LogP) is 3.23. The Morgan fingerprint density at radius 3 is 2.24 bits per heavy atom. The summed E-state index contributed by atoms with van der Waals surface area (Å²) in [4.78, 5) is 25.9. The molecule has 25 heavy (non-hydrogen) atoms. The zero-order valence-corrected chi connectivity index (χ0v) is 14.3. The van der Waals surface area contributed by atoms with Gasteiger partial charge in [0.1, 0.15) is 5.75 Å². The molecule has 2 amide bonds. The third-order valence-corrected chi connectivity index (χ3v) is 4.31. The van der Waals surface area contributed by atoms with Gasteiger partial charge in [0.2, 0.25) is 0 Å². The maximum Gasteiger partial charge on any atom is 0.296 e. The summed E-state index contributed by atoms with van der Waals surface area (Å²) in [6.45, 7) is 0.186. The molecule has 6 heteroatoms. The zero-order chi connectivity index (χ0) is 18.0. The van der Waals surface area contributed by atoms with Gasteiger partial charge in [-0.3, -0.25) is 14.5 Å². The maximum atomic E-state index is 12.6. The molecular formula is C19H16ClNO4. The molecule has 5 nitrogen and oxygen atoms in total. The van der Waals surface area contributed by atoms with Gasteiger partial charge < -0.3 is 9.84 Å². The fraction of sp³-hybridized carbons (Fsp3) is 0.158. The average molecular weight is 358 g/mol. The number of aliphatic hydroxyl groups is 1. The second-order valence-electron chi connectivity index (χ2n) is 5.59. The van der Waals surface area contributed by atoms with Gasteiger partial charge in [0.15, 0.2) is 5.76 Å². The van der Waals surface area contributed by atoms with Crippen LogP contribution in [0, 0.1) is 0 Å². The molecule has 2 aromatic carbocycles. The van der Waals surface area contributed by atoms with Gasteiger partial charge in [0.05, 0.1) is 12.7 Å². The van der Waals surface area contributed by atoms with E-state index in [-0.39, 0.29) is 12.1 Å². The molecule has 1 heterocycles. The van der Waals surface area contributed by atoms with Gasteiger partial charge in [-0.1, -0.05) is 35.9 Å². The third-order valence-electron chi connectivity index (χ3n) is 4.06. The minimum atomic E-state index is -0.677. The number of hydrogen-bond donors (Lipinski definition) is 1. The molecule has 1 aliphatic rings. The van der Waals surface area contributed by atoms with Crippen LogP contribution >= 0.6 is 11.6 Å². The molecule has 3 rings (SSSR count). The van der Waals surface area contributed by atoms with Crippen molar-refractivity contribution in [2.45, 2.75) is 6.42 Å². The first kappa shape index (κ1) is 17.0. The van der Waals surface area contributed by atoms with Crippen LogP contribution < -0.4 is 4.74 Å². The average Bonchev–Trinajstić information content (AvgIpc) is 2.84. The Kier molecular flexibility index (Phi) is 4.76. The molecule has 2 aromatic rings. The third kappa shape index (κ3) is 3.37. The van der Waals surface area contributed by atoms with Crippen molar-refractivity contribution in [3.05, 3.63) is 70.4 Å². The molecule has 0 saturated heterocycles. The van der Waals surface area contributed by atoms with Crippen LogP contribution in [0.1, 0.15) is 11.1 Å². The van der Waals surface area contributed by atoms with Crippen molar-refractivity contribution in [2.24, 2.45) is 0 Å². The lowest BCUT2D eigenvalue weighted by atomic mass is 10.1. The highest BCUT2D eigenvalue weighted by molar-refractivity contribution is 6.35. The summed E-state index contributed by atoms with van der Waals surface area (Å²) in [6, 6.07) is 13.8. The normalized spacial score (nSPS) is 14.4. The van der Waals surface area contributed by atoms with Gasteiger partial charge in [0.25, 0.3) is 11.8 Å². The molecule has 0 aliphatic carbocycles. The lowest BCUT2D eigenvalue weighted by Gasteiger charge is -2.14. The molecule has 0 spiro atoms. The monoisotopic (exact) mass is 357 g/mol. The molecule has 0 saturated carbocycles. The summed E-state index contributed by atoms with van der Waals surface area (Å²) >= 11 is 5.84. The Morgan fingerprint density at radius 2 is 1.64 bits per heavy atom. The van der Waals surface area contributed by atoms with E-state index in [0.29, 0.717) is 17.0 Å². The van der Waals surface area contributed by atoms with E-state index in [1.54, 1.807) is 31.4 Å². The highest BCUT2D eigenvalue weighted by Crippen LogP contribution is 2.29. The van der Waals surface area contributed by atoms with Gasteiger partial charge in [-0.15, -0.1) is 0 Å². The minimum absolute atomic E-state index is 0.0106. The number of hydrogen-bond acceptors (Lipinski definition) is 4. The molecule has 0 aromatic heterocycles. The summed E-state index contributed by atoms with van der Waals surface area (Å²) in [6.07, 6.45) is 0.489. The number of methoxy groups -OCH3 is 1. The van der Waals surface area contributed by atoms with Crippen molar-refractivity contribution in [1.82, 2.24) is 4.90 Å². The van der Waals surface area contributed by atoms with Crippen molar-refractivity contribution >= 4 is 29.0 Å². The SMILES string of the molecule is COc1ccc(CCN2C(=O)C(O)=C(c3ccc(Cl)cc3)C2=O)cc1. The fourth-order valence-electron chi connectivity index (χ4n) is 2.68. The number of benzene rings is 2. The largest absolute Gasteiger partial charge is 0.502 e. The van der Waals surface area contributed by atoms with Crippen LogP contribution in [0.4, 0.5) is 0 Å². The van der Waals surface area contributed by atoms with Crippen molar-refractivity contribution < 1.29 is 19.4 Å².